The van der Waals surface area contributed by atoms with E-state index >= 15 is 0 Å². The Bertz CT molecular complexity index is 378. The summed E-state index contributed by atoms with van der Waals surface area (Å²) in [5.41, 5.74) is 0.336. The van der Waals surface area contributed by atoms with Crippen molar-refractivity contribution in [3.63, 3.8) is 0 Å². The van der Waals surface area contributed by atoms with Crippen molar-refractivity contribution in [1.29, 1.82) is 0 Å². The molecule has 0 radical (unpaired) electrons. The SMILES string of the molecule is CCOC(=O)CCCNC(=NC)N1CCC2(CCOC2)C1. The van der Waals surface area contributed by atoms with Crippen molar-refractivity contribution < 1.29 is 14.3 Å². The number of hydrogen-bond donors (Lipinski definition) is 1. The molecule has 0 bridgehead atoms. The molecule has 0 aromatic rings. The van der Waals surface area contributed by atoms with E-state index in [4.69, 9.17) is 9.47 Å². The fourth-order valence-corrected chi connectivity index (χ4v) is 3.09. The lowest BCUT2D eigenvalue weighted by atomic mass is 9.87. The minimum absolute atomic E-state index is 0.127. The molecule has 0 aliphatic carbocycles. The van der Waals surface area contributed by atoms with Crippen LogP contribution >= 0.6 is 0 Å². The molecule has 0 aromatic carbocycles. The molecular formula is C15H27N3O3. The standard InChI is InChI=1S/C15H27N3O3/c1-3-21-13(19)5-4-8-17-14(16-2)18-9-6-15(11-18)7-10-20-12-15/h3-12H2,1-2H3,(H,16,17). The van der Waals surface area contributed by atoms with E-state index in [1.165, 1.54) is 6.42 Å². The number of guanidine groups is 1. The highest BCUT2D eigenvalue weighted by Gasteiger charge is 2.42. The van der Waals surface area contributed by atoms with Crippen LogP contribution in [0.1, 0.15) is 32.6 Å². The zero-order valence-electron chi connectivity index (χ0n) is 13.2. The Labute approximate surface area is 126 Å². The summed E-state index contributed by atoms with van der Waals surface area (Å²) in [5.74, 6) is 0.806. The summed E-state index contributed by atoms with van der Waals surface area (Å²) in [7, 11) is 1.81. The lowest BCUT2D eigenvalue weighted by molar-refractivity contribution is -0.143. The van der Waals surface area contributed by atoms with Gasteiger partial charge < -0.3 is 19.7 Å². The summed E-state index contributed by atoms with van der Waals surface area (Å²) < 4.78 is 10.5. The van der Waals surface area contributed by atoms with Gasteiger partial charge in [0.2, 0.25) is 0 Å². The van der Waals surface area contributed by atoms with Crippen LogP contribution in [-0.4, -0.2) is 63.3 Å². The van der Waals surface area contributed by atoms with E-state index < -0.39 is 0 Å². The molecule has 2 rings (SSSR count). The van der Waals surface area contributed by atoms with Crippen LogP contribution in [0.4, 0.5) is 0 Å². The van der Waals surface area contributed by atoms with Gasteiger partial charge in [-0.25, -0.2) is 0 Å². The molecule has 2 fully saturated rings. The molecule has 1 atom stereocenters. The number of hydrogen-bond acceptors (Lipinski definition) is 4. The zero-order valence-corrected chi connectivity index (χ0v) is 13.2. The first kappa shape index (κ1) is 16.1. The van der Waals surface area contributed by atoms with Crippen molar-refractivity contribution in [1.82, 2.24) is 10.2 Å². The number of carbonyl (C=O) groups is 1. The van der Waals surface area contributed by atoms with Gasteiger partial charge in [0, 0.05) is 45.1 Å². The lowest BCUT2D eigenvalue weighted by Crippen LogP contribution is -2.41. The molecule has 2 heterocycles. The summed E-state index contributed by atoms with van der Waals surface area (Å²) in [6.07, 6.45) is 3.55. The predicted molar refractivity (Wildman–Crippen MR) is 81.3 cm³/mol. The average molecular weight is 297 g/mol. The van der Waals surface area contributed by atoms with Crippen LogP contribution in [0.15, 0.2) is 4.99 Å². The number of nitrogens with one attached hydrogen (secondary N) is 1. The first-order chi connectivity index (χ1) is 10.2. The number of ether oxygens (including phenoxy) is 2. The van der Waals surface area contributed by atoms with Crippen molar-refractivity contribution in [3.05, 3.63) is 0 Å². The minimum atomic E-state index is -0.127. The second kappa shape index (κ2) is 7.64. The van der Waals surface area contributed by atoms with Gasteiger partial charge in [0.05, 0.1) is 13.2 Å². The van der Waals surface area contributed by atoms with Gasteiger partial charge in [0.15, 0.2) is 5.96 Å². The van der Waals surface area contributed by atoms with Gasteiger partial charge in [0.1, 0.15) is 0 Å². The summed E-state index contributed by atoms with van der Waals surface area (Å²) in [6, 6.07) is 0. The molecule has 2 aliphatic heterocycles. The molecule has 0 aromatic heterocycles. The molecule has 2 saturated heterocycles. The Kier molecular flexibility index (Phi) is 5.85. The Balaban J connectivity index is 1.70. The largest absolute Gasteiger partial charge is 0.466 e. The van der Waals surface area contributed by atoms with E-state index in [0.29, 0.717) is 18.4 Å². The average Bonchev–Trinajstić information content (AvgIpc) is 3.10. The maximum Gasteiger partial charge on any atom is 0.305 e. The third-order valence-electron chi connectivity index (χ3n) is 4.28. The lowest BCUT2D eigenvalue weighted by Gasteiger charge is -2.24. The third kappa shape index (κ3) is 4.33. The smallest absolute Gasteiger partial charge is 0.305 e. The van der Waals surface area contributed by atoms with Crippen molar-refractivity contribution in [2.75, 3.05) is 46.5 Å². The second-order valence-electron chi connectivity index (χ2n) is 5.86. The quantitative estimate of drug-likeness (QED) is 0.355. The molecule has 0 amide bonds. The van der Waals surface area contributed by atoms with Crippen LogP contribution in [0.3, 0.4) is 0 Å². The number of nitrogens with zero attached hydrogens (tertiary/aromatic N) is 2. The molecule has 2 aliphatic rings. The monoisotopic (exact) mass is 297 g/mol. The highest BCUT2D eigenvalue weighted by atomic mass is 16.5. The Morgan fingerprint density at radius 2 is 2.33 bits per heavy atom. The van der Waals surface area contributed by atoms with Gasteiger partial charge >= 0.3 is 5.97 Å². The van der Waals surface area contributed by atoms with Gasteiger partial charge in [-0.3, -0.25) is 9.79 Å². The number of esters is 1. The van der Waals surface area contributed by atoms with E-state index in [-0.39, 0.29) is 5.97 Å². The predicted octanol–water partition coefficient (Wildman–Crippen LogP) is 1.02. The van der Waals surface area contributed by atoms with Crippen LogP contribution in [-0.2, 0) is 14.3 Å². The molecule has 6 heteroatoms. The van der Waals surface area contributed by atoms with Gasteiger partial charge in [-0.1, -0.05) is 0 Å². The van der Waals surface area contributed by atoms with Gasteiger partial charge in [-0.05, 0) is 26.2 Å². The van der Waals surface area contributed by atoms with E-state index in [1.54, 1.807) is 0 Å². The van der Waals surface area contributed by atoms with Crippen molar-refractivity contribution in [3.8, 4) is 0 Å². The van der Waals surface area contributed by atoms with Crippen LogP contribution in [0.2, 0.25) is 0 Å². The van der Waals surface area contributed by atoms with E-state index in [2.05, 4.69) is 15.2 Å². The molecular weight excluding hydrogens is 270 g/mol. The highest BCUT2D eigenvalue weighted by molar-refractivity contribution is 5.80. The summed E-state index contributed by atoms with van der Waals surface area (Å²) in [5, 5.41) is 3.34. The van der Waals surface area contributed by atoms with Crippen LogP contribution < -0.4 is 5.32 Å². The normalized spacial score (nSPS) is 25.6. The first-order valence-electron chi connectivity index (χ1n) is 7.88. The summed E-state index contributed by atoms with van der Waals surface area (Å²) in [6.45, 7) is 6.83. The molecule has 0 saturated carbocycles. The Morgan fingerprint density at radius 1 is 1.48 bits per heavy atom. The second-order valence-corrected chi connectivity index (χ2v) is 5.86. The Hall–Kier alpha value is -1.30. The van der Waals surface area contributed by atoms with Crippen LogP contribution in [0.25, 0.3) is 0 Å². The van der Waals surface area contributed by atoms with E-state index in [9.17, 15) is 4.79 Å². The molecule has 6 nitrogen and oxygen atoms in total. The van der Waals surface area contributed by atoms with Crippen LogP contribution in [0.5, 0.6) is 0 Å². The zero-order chi connectivity index (χ0) is 15.1. The van der Waals surface area contributed by atoms with Crippen molar-refractivity contribution in [2.24, 2.45) is 10.4 Å². The molecule has 120 valence electrons. The third-order valence-corrected chi connectivity index (χ3v) is 4.28. The van der Waals surface area contributed by atoms with Crippen molar-refractivity contribution >= 4 is 11.9 Å². The Morgan fingerprint density at radius 3 is 3.00 bits per heavy atom. The van der Waals surface area contributed by atoms with E-state index in [1.807, 2.05) is 14.0 Å². The molecule has 1 spiro atoms. The van der Waals surface area contributed by atoms with Gasteiger partial charge in [0.25, 0.3) is 0 Å². The molecule has 1 unspecified atom stereocenters. The fraction of sp³-hybridized carbons (Fsp3) is 0.867. The van der Waals surface area contributed by atoms with E-state index in [0.717, 1.165) is 51.6 Å². The maximum absolute atomic E-state index is 11.3. The number of rotatable bonds is 5. The molecule has 21 heavy (non-hydrogen) atoms. The highest BCUT2D eigenvalue weighted by Crippen LogP contribution is 2.38. The first-order valence-corrected chi connectivity index (χ1v) is 7.88. The minimum Gasteiger partial charge on any atom is -0.466 e. The number of aliphatic imine (C=N–C) groups is 1. The maximum atomic E-state index is 11.3. The topological polar surface area (TPSA) is 63.2 Å². The summed E-state index contributed by atoms with van der Waals surface area (Å²) >= 11 is 0. The van der Waals surface area contributed by atoms with Crippen LogP contribution in [0, 0.1) is 5.41 Å². The van der Waals surface area contributed by atoms with Gasteiger partial charge in [-0.2, -0.15) is 0 Å². The van der Waals surface area contributed by atoms with Gasteiger partial charge in [-0.15, -0.1) is 0 Å². The van der Waals surface area contributed by atoms with Crippen molar-refractivity contribution in [2.45, 2.75) is 32.6 Å². The number of carbonyl (C=O) groups excluding carboxylic acids is 1. The number of likely N-dealkylation sites (tertiary alicyclic amines) is 1. The fourth-order valence-electron chi connectivity index (χ4n) is 3.09. The summed E-state index contributed by atoms with van der Waals surface area (Å²) in [4.78, 5) is 17.9. The molecule has 1 N–H and O–H groups in total.